The Hall–Kier alpha value is -1.79. The average Bonchev–Trinajstić information content (AvgIpc) is 2.78. The quantitative estimate of drug-likeness (QED) is 0.598. The third-order valence-electron chi connectivity index (χ3n) is 7.55. The van der Waals surface area contributed by atoms with E-state index >= 15 is 0 Å². The van der Waals surface area contributed by atoms with Crippen LogP contribution in [0.3, 0.4) is 0 Å². The van der Waals surface area contributed by atoms with Crippen molar-refractivity contribution in [1.29, 1.82) is 0 Å². The number of ketones is 1. The van der Waals surface area contributed by atoms with Gasteiger partial charge in [0.15, 0.2) is 5.78 Å². The van der Waals surface area contributed by atoms with Crippen molar-refractivity contribution in [2.75, 3.05) is 26.7 Å². The second-order valence-corrected chi connectivity index (χ2v) is 9.43. The summed E-state index contributed by atoms with van der Waals surface area (Å²) in [5, 5.41) is 0. The largest absolute Gasteiger partial charge is 0.381 e. The topological polar surface area (TPSA) is 72.6 Å². The molecule has 2 atom stereocenters. The van der Waals surface area contributed by atoms with E-state index in [0.29, 0.717) is 17.4 Å². The lowest BCUT2D eigenvalue weighted by molar-refractivity contribution is -0.129. The van der Waals surface area contributed by atoms with Crippen molar-refractivity contribution in [3.8, 4) is 0 Å². The van der Waals surface area contributed by atoms with E-state index in [9.17, 15) is 14.0 Å². The van der Waals surface area contributed by atoms with Crippen LogP contribution in [0, 0.1) is 29.5 Å². The zero-order valence-electron chi connectivity index (χ0n) is 18.9. The van der Waals surface area contributed by atoms with Crippen molar-refractivity contribution in [3.63, 3.8) is 0 Å². The SMILES string of the molecule is COC(C)C(C(N)=O)C1CCC(CCN2CCC(C(=O)c3ccc(F)cc3)CC2)CC1. The van der Waals surface area contributed by atoms with Crippen molar-refractivity contribution >= 4 is 11.7 Å². The second-order valence-electron chi connectivity index (χ2n) is 9.43. The minimum Gasteiger partial charge on any atom is -0.381 e. The fourth-order valence-electron chi connectivity index (χ4n) is 5.46. The molecule has 3 rings (SSSR count). The van der Waals surface area contributed by atoms with E-state index in [0.717, 1.165) is 58.2 Å². The molecule has 1 heterocycles. The zero-order valence-corrected chi connectivity index (χ0v) is 18.9. The highest BCUT2D eigenvalue weighted by Gasteiger charge is 2.35. The van der Waals surface area contributed by atoms with Crippen molar-refractivity contribution in [2.24, 2.45) is 29.4 Å². The van der Waals surface area contributed by atoms with Crippen LogP contribution in [0.5, 0.6) is 0 Å². The molecule has 1 saturated carbocycles. The van der Waals surface area contributed by atoms with Gasteiger partial charge in [-0.2, -0.15) is 0 Å². The normalized spacial score (nSPS) is 25.1. The average molecular weight is 433 g/mol. The first-order valence-electron chi connectivity index (χ1n) is 11.7. The molecule has 1 aromatic carbocycles. The molecule has 2 N–H and O–H groups in total. The fraction of sp³-hybridized carbons (Fsp3) is 0.680. The molecule has 5 nitrogen and oxygen atoms in total. The van der Waals surface area contributed by atoms with E-state index in [4.69, 9.17) is 10.5 Å². The van der Waals surface area contributed by atoms with Gasteiger partial charge < -0.3 is 15.4 Å². The van der Waals surface area contributed by atoms with Gasteiger partial charge in [0.2, 0.25) is 5.91 Å². The number of rotatable bonds is 9. The molecule has 1 saturated heterocycles. The van der Waals surface area contributed by atoms with Gasteiger partial charge in [0.1, 0.15) is 5.82 Å². The number of nitrogens with two attached hydrogens (primary N) is 1. The number of carbonyl (C=O) groups is 2. The van der Waals surface area contributed by atoms with E-state index in [1.54, 1.807) is 19.2 Å². The number of likely N-dealkylation sites (tertiary alicyclic amines) is 1. The Labute approximate surface area is 185 Å². The fourth-order valence-corrected chi connectivity index (χ4v) is 5.46. The van der Waals surface area contributed by atoms with Crippen LogP contribution in [-0.2, 0) is 9.53 Å². The summed E-state index contributed by atoms with van der Waals surface area (Å²) in [6.45, 7) is 4.90. The van der Waals surface area contributed by atoms with Gasteiger partial charge in [0, 0.05) is 18.6 Å². The number of ether oxygens (including phenoxy) is 1. The molecular weight excluding hydrogens is 395 g/mol. The third-order valence-corrected chi connectivity index (χ3v) is 7.55. The van der Waals surface area contributed by atoms with E-state index in [1.165, 1.54) is 18.6 Å². The number of nitrogens with zero attached hydrogens (tertiary/aromatic N) is 1. The molecule has 0 bridgehead atoms. The lowest BCUT2D eigenvalue weighted by Gasteiger charge is -2.36. The van der Waals surface area contributed by atoms with Gasteiger partial charge in [-0.15, -0.1) is 0 Å². The molecule has 0 aromatic heterocycles. The van der Waals surface area contributed by atoms with Gasteiger partial charge in [0.05, 0.1) is 12.0 Å². The van der Waals surface area contributed by atoms with Crippen LogP contribution in [0.25, 0.3) is 0 Å². The van der Waals surface area contributed by atoms with E-state index in [1.807, 2.05) is 6.92 Å². The summed E-state index contributed by atoms with van der Waals surface area (Å²) in [5.41, 5.74) is 6.26. The number of benzene rings is 1. The lowest BCUT2D eigenvalue weighted by Crippen LogP contribution is -2.40. The Morgan fingerprint density at radius 1 is 1.10 bits per heavy atom. The van der Waals surface area contributed by atoms with Crippen LogP contribution in [-0.4, -0.2) is 49.4 Å². The lowest BCUT2D eigenvalue weighted by atomic mass is 9.73. The van der Waals surface area contributed by atoms with E-state index in [-0.39, 0.29) is 35.4 Å². The number of primary amides is 1. The van der Waals surface area contributed by atoms with Crippen LogP contribution < -0.4 is 5.73 Å². The maximum atomic E-state index is 13.1. The predicted molar refractivity (Wildman–Crippen MR) is 119 cm³/mol. The molecule has 2 aliphatic rings. The van der Waals surface area contributed by atoms with Gasteiger partial charge in [-0.05, 0) is 94.8 Å². The summed E-state index contributed by atoms with van der Waals surface area (Å²) in [6.07, 6.45) is 7.16. The molecule has 0 radical (unpaired) electrons. The molecule has 2 fully saturated rings. The molecule has 31 heavy (non-hydrogen) atoms. The molecule has 2 unspecified atom stereocenters. The van der Waals surface area contributed by atoms with Crippen LogP contribution in [0.15, 0.2) is 24.3 Å². The number of hydrogen-bond acceptors (Lipinski definition) is 4. The first-order valence-corrected chi connectivity index (χ1v) is 11.7. The number of carbonyl (C=O) groups excluding carboxylic acids is 2. The monoisotopic (exact) mass is 432 g/mol. The number of piperidine rings is 1. The van der Waals surface area contributed by atoms with Crippen LogP contribution in [0.4, 0.5) is 4.39 Å². The summed E-state index contributed by atoms with van der Waals surface area (Å²) < 4.78 is 18.5. The minimum atomic E-state index is -0.307. The number of hydrogen-bond donors (Lipinski definition) is 1. The van der Waals surface area contributed by atoms with Gasteiger partial charge in [-0.25, -0.2) is 4.39 Å². The summed E-state index contributed by atoms with van der Waals surface area (Å²) >= 11 is 0. The maximum absolute atomic E-state index is 13.1. The van der Waals surface area contributed by atoms with Crippen molar-refractivity contribution in [3.05, 3.63) is 35.6 Å². The Balaban J connectivity index is 1.38. The van der Waals surface area contributed by atoms with Crippen LogP contribution >= 0.6 is 0 Å². The molecule has 1 aliphatic carbocycles. The minimum absolute atomic E-state index is 0.0469. The number of halogens is 1. The van der Waals surface area contributed by atoms with Gasteiger partial charge in [-0.1, -0.05) is 12.8 Å². The number of amides is 1. The van der Waals surface area contributed by atoms with Crippen LogP contribution in [0.1, 0.15) is 62.2 Å². The van der Waals surface area contributed by atoms with Gasteiger partial charge in [0.25, 0.3) is 0 Å². The smallest absolute Gasteiger partial charge is 0.223 e. The van der Waals surface area contributed by atoms with Crippen molar-refractivity contribution in [2.45, 2.75) is 58.0 Å². The zero-order chi connectivity index (χ0) is 22.4. The Kier molecular flexibility index (Phi) is 8.61. The highest BCUT2D eigenvalue weighted by molar-refractivity contribution is 5.97. The summed E-state index contributed by atoms with van der Waals surface area (Å²) in [4.78, 5) is 27.0. The molecule has 0 spiro atoms. The predicted octanol–water partition coefficient (Wildman–Crippen LogP) is 4.05. The summed E-state index contributed by atoms with van der Waals surface area (Å²) in [5.74, 6) is 0.481. The second kappa shape index (κ2) is 11.2. The Morgan fingerprint density at radius 3 is 2.26 bits per heavy atom. The van der Waals surface area contributed by atoms with Gasteiger partial charge in [-0.3, -0.25) is 9.59 Å². The molecular formula is C25H37FN2O3. The van der Waals surface area contributed by atoms with E-state index in [2.05, 4.69) is 4.90 Å². The highest BCUT2D eigenvalue weighted by Crippen LogP contribution is 2.37. The first-order chi connectivity index (χ1) is 14.9. The van der Waals surface area contributed by atoms with E-state index < -0.39 is 0 Å². The summed E-state index contributed by atoms with van der Waals surface area (Å²) in [6, 6.07) is 5.91. The van der Waals surface area contributed by atoms with Crippen molar-refractivity contribution in [1.82, 2.24) is 4.90 Å². The first kappa shape index (κ1) is 23.9. The molecule has 6 heteroatoms. The molecule has 1 aliphatic heterocycles. The highest BCUT2D eigenvalue weighted by atomic mass is 19.1. The third kappa shape index (κ3) is 6.36. The molecule has 172 valence electrons. The van der Waals surface area contributed by atoms with Gasteiger partial charge >= 0.3 is 0 Å². The van der Waals surface area contributed by atoms with Crippen molar-refractivity contribution < 1.29 is 18.7 Å². The Bertz CT molecular complexity index is 723. The van der Waals surface area contributed by atoms with Crippen LogP contribution in [0.2, 0.25) is 0 Å². The molecule has 1 aromatic rings. The number of Topliss-reactive ketones (excluding diaryl/α,β-unsaturated/α-hetero) is 1. The maximum Gasteiger partial charge on any atom is 0.223 e. The molecule has 1 amide bonds. The number of methoxy groups -OCH3 is 1. The Morgan fingerprint density at radius 2 is 1.71 bits per heavy atom. The summed E-state index contributed by atoms with van der Waals surface area (Å²) in [7, 11) is 1.64. The standard InChI is InChI=1S/C25H37FN2O3/c1-17(31-2)23(25(27)30)19-5-3-18(4-6-19)11-14-28-15-12-21(13-16-28)24(29)20-7-9-22(26)10-8-20/h7-10,17-19,21,23H,3-6,11-16H2,1-2H3,(H2,27,30).